The van der Waals surface area contributed by atoms with Gasteiger partial charge in [0.05, 0.1) is 6.61 Å². The maximum Gasteiger partial charge on any atom is 0.322 e. The lowest BCUT2D eigenvalue weighted by Crippen LogP contribution is -2.34. The van der Waals surface area contributed by atoms with Gasteiger partial charge >= 0.3 is 5.97 Å². The van der Waals surface area contributed by atoms with Crippen molar-refractivity contribution < 1.29 is 14.3 Å². The van der Waals surface area contributed by atoms with Crippen molar-refractivity contribution in [2.24, 2.45) is 0 Å². The van der Waals surface area contributed by atoms with Crippen LogP contribution in [0.25, 0.3) is 0 Å². The maximum absolute atomic E-state index is 11.4. The Morgan fingerprint density at radius 1 is 1.42 bits per heavy atom. The van der Waals surface area contributed by atoms with E-state index in [1.807, 2.05) is 18.2 Å². The number of carbonyl (C=O) groups excluding carboxylic acids is 1. The van der Waals surface area contributed by atoms with Crippen LogP contribution < -0.4 is 10.1 Å². The van der Waals surface area contributed by atoms with E-state index < -0.39 is 0 Å². The Morgan fingerprint density at radius 3 is 2.68 bits per heavy atom. The molecular formula is C14H18N2O3. The number of carbonyl (C=O) groups is 1. The van der Waals surface area contributed by atoms with Crippen LogP contribution in [-0.4, -0.2) is 25.2 Å². The predicted molar refractivity (Wildman–Crippen MR) is 70.5 cm³/mol. The van der Waals surface area contributed by atoms with E-state index in [1.54, 1.807) is 26.0 Å². The average Bonchev–Trinajstić information content (AvgIpc) is 2.43. The van der Waals surface area contributed by atoms with Gasteiger partial charge in [-0.05, 0) is 31.5 Å². The summed E-state index contributed by atoms with van der Waals surface area (Å²) in [5, 5.41) is 11.5. The van der Waals surface area contributed by atoms with Crippen molar-refractivity contribution in [3.63, 3.8) is 0 Å². The number of ether oxygens (including phenoxy) is 2. The molecule has 5 nitrogen and oxygen atoms in total. The third-order valence-electron chi connectivity index (χ3n) is 2.48. The van der Waals surface area contributed by atoms with Crippen LogP contribution in [0, 0.1) is 11.3 Å². The fourth-order valence-corrected chi connectivity index (χ4v) is 1.44. The van der Waals surface area contributed by atoms with Crippen LogP contribution in [0.15, 0.2) is 24.3 Å². The van der Waals surface area contributed by atoms with E-state index in [1.165, 1.54) is 0 Å². The van der Waals surface area contributed by atoms with Gasteiger partial charge in [-0.2, -0.15) is 5.26 Å². The third kappa shape index (κ3) is 5.40. The molecule has 1 aromatic rings. The van der Waals surface area contributed by atoms with Gasteiger partial charge < -0.3 is 14.8 Å². The van der Waals surface area contributed by atoms with Crippen LogP contribution in [0.5, 0.6) is 5.75 Å². The van der Waals surface area contributed by atoms with E-state index in [0.717, 1.165) is 5.56 Å². The van der Waals surface area contributed by atoms with Gasteiger partial charge in [0, 0.05) is 6.54 Å². The number of benzene rings is 1. The van der Waals surface area contributed by atoms with E-state index in [9.17, 15) is 4.79 Å². The minimum atomic E-state index is -0.338. The number of hydrogen-bond donors (Lipinski definition) is 1. The van der Waals surface area contributed by atoms with Gasteiger partial charge in [-0.25, -0.2) is 0 Å². The molecule has 0 spiro atoms. The monoisotopic (exact) mass is 262 g/mol. The second-order valence-corrected chi connectivity index (χ2v) is 3.95. The highest BCUT2D eigenvalue weighted by Crippen LogP contribution is 2.12. The molecule has 0 heterocycles. The van der Waals surface area contributed by atoms with Crippen molar-refractivity contribution in [3.8, 4) is 11.8 Å². The summed E-state index contributed by atoms with van der Waals surface area (Å²) >= 11 is 0. The zero-order chi connectivity index (χ0) is 14.1. The van der Waals surface area contributed by atoms with Crippen molar-refractivity contribution in [3.05, 3.63) is 29.8 Å². The first-order chi connectivity index (χ1) is 9.17. The van der Waals surface area contributed by atoms with Gasteiger partial charge in [-0.1, -0.05) is 12.1 Å². The highest BCUT2D eigenvalue weighted by molar-refractivity contribution is 5.75. The van der Waals surface area contributed by atoms with Crippen LogP contribution in [-0.2, 0) is 16.1 Å². The molecule has 0 saturated heterocycles. The largest absolute Gasteiger partial charge is 0.479 e. The van der Waals surface area contributed by atoms with Gasteiger partial charge in [0.25, 0.3) is 0 Å². The van der Waals surface area contributed by atoms with Crippen molar-refractivity contribution in [2.75, 3.05) is 13.2 Å². The van der Waals surface area contributed by atoms with Gasteiger partial charge in [0.15, 0.2) is 6.61 Å². The highest BCUT2D eigenvalue weighted by Gasteiger charge is 2.12. The van der Waals surface area contributed by atoms with Crippen LogP contribution in [0.1, 0.15) is 19.4 Å². The minimum absolute atomic E-state index is 0.0392. The molecule has 5 heteroatoms. The minimum Gasteiger partial charge on any atom is -0.479 e. The second kappa shape index (κ2) is 8.11. The summed E-state index contributed by atoms with van der Waals surface area (Å²) in [6, 6.07) is 8.93. The fraction of sp³-hybridized carbons (Fsp3) is 0.429. The summed E-state index contributed by atoms with van der Waals surface area (Å²) in [6.07, 6.45) is 0. The number of rotatable bonds is 7. The molecule has 0 bridgehead atoms. The topological polar surface area (TPSA) is 71.3 Å². The van der Waals surface area contributed by atoms with Crippen molar-refractivity contribution in [1.82, 2.24) is 5.32 Å². The zero-order valence-corrected chi connectivity index (χ0v) is 11.2. The lowest BCUT2D eigenvalue weighted by Gasteiger charge is -2.12. The van der Waals surface area contributed by atoms with Gasteiger partial charge in [-0.3, -0.25) is 4.79 Å². The van der Waals surface area contributed by atoms with E-state index in [0.29, 0.717) is 18.9 Å². The van der Waals surface area contributed by atoms with Crippen molar-refractivity contribution in [1.29, 1.82) is 5.26 Å². The molecule has 1 unspecified atom stereocenters. The number of nitrogens with one attached hydrogen (secondary N) is 1. The molecule has 0 aliphatic rings. The standard InChI is InChI=1S/C14H18N2O3/c1-3-18-14(17)11(2)16-10-12-4-6-13(7-5-12)19-9-8-15/h4-7,11,16H,3,9-10H2,1-2H3. The number of esters is 1. The van der Waals surface area contributed by atoms with Crippen LogP contribution in [0.4, 0.5) is 0 Å². The van der Waals surface area contributed by atoms with Gasteiger partial charge in [0.2, 0.25) is 0 Å². The molecule has 102 valence electrons. The molecule has 1 rings (SSSR count). The molecule has 0 aliphatic carbocycles. The summed E-state index contributed by atoms with van der Waals surface area (Å²) in [4.78, 5) is 11.4. The average molecular weight is 262 g/mol. The maximum atomic E-state index is 11.4. The predicted octanol–water partition coefficient (Wildman–Crippen LogP) is 1.63. The van der Waals surface area contributed by atoms with Crippen LogP contribution in [0.2, 0.25) is 0 Å². The van der Waals surface area contributed by atoms with E-state index >= 15 is 0 Å². The molecule has 0 amide bonds. The number of nitriles is 1. The van der Waals surface area contributed by atoms with E-state index in [-0.39, 0.29) is 18.6 Å². The summed E-state index contributed by atoms with van der Waals surface area (Å²) < 4.78 is 10.1. The van der Waals surface area contributed by atoms with E-state index in [4.69, 9.17) is 14.7 Å². The van der Waals surface area contributed by atoms with Crippen molar-refractivity contribution >= 4 is 5.97 Å². The first-order valence-corrected chi connectivity index (χ1v) is 6.16. The molecule has 1 atom stereocenters. The lowest BCUT2D eigenvalue weighted by molar-refractivity contribution is -0.145. The Kier molecular flexibility index (Phi) is 6.41. The van der Waals surface area contributed by atoms with Gasteiger partial charge in [-0.15, -0.1) is 0 Å². The molecule has 1 N–H and O–H groups in total. The summed E-state index contributed by atoms with van der Waals surface area (Å²) in [5.41, 5.74) is 1.03. The normalized spacial score (nSPS) is 11.4. The smallest absolute Gasteiger partial charge is 0.322 e. The highest BCUT2D eigenvalue weighted by atomic mass is 16.5. The first-order valence-electron chi connectivity index (χ1n) is 6.16. The first kappa shape index (κ1) is 15.0. The van der Waals surface area contributed by atoms with Crippen molar-refractivity contribution in [2.45, 2.75) is 26.4 Å². The molecule has 1 aromatic carbocycles. The fourth-order valence-electron chi connectivity index (χ4n) is 1.44. The molecular weight excluding hydrogens is 244 g/mol. The summed E-state index contributed by atoms with van der Waals surface area (Å²) in [6.45, 7) is 4.54. The third-order valence-corrected chi connectivity index (χ3v) is 2.48. The second-order valence-electron chi connectivity index (χ2n) is 3.95. The van der Waals surface area contributed by atoms with Gasteiger partial charge in [0.1, 0.15) is 17.9 Å². The molecule has 0 radical (unpaired) electrons. The van der Waals surface area contributed by atoms with Crippen LogP contribution >= 0.6 is 0 Å². The Labute approximate surface area is 113 Å². The molecule has 19 heavy (non-hydrogen) atoms. The van der Waals surface area contributed by atoms with Crippen LogP contribution in [0.3, 0.4) is 0 Å². The molecule has 0 fully saturated rings. The Hall–Kier alpha value is -2.06. The number of hydrogen-bond acceptors (Lipinski definition) is 5. The summed E-state index contributed by atoms with van der Waals surface area (Å²) in [5.74, 6) is 0.403. The molecule has 0 saturated carbocycles. The Bertz CT molecular complexity index is 437. The summed E-state index contributed by atoms with van der Waals surface area (Å²) in [7, 11) is 0. The number of nitrogens with zero attached hydrogens (tertiary/aromatic N) is 1. The SMILES string of the molecule is CCOC(=O)C(C)NCc1ccc(OCC#N)cc1. The Balaban J connectivity index is 2.41. The molecule has 0 aliphatic heterocycles. The zero-order valence-electron chi connectivity index (χ0n) is 11.2. The lowest BCUT2D eigenvalue weighted by atomic mass is 10.2. The van der Waals surface area contributed by atoms with E-state index in [2.05, 4.69) is 5.32 Å². The Morgan fingerprint density at radius 2 is 2.11 bits per heavy atom. The quantitative estimate of drug-likeness (QED) is 0.756. The molecule has 0 aromatic heterocycles.